The zero-order chi connectivity index (χ0) is 20.5. The second-order valence-electron chi connectivity index (χ2n) is 9.21. The fraction of sp³-hybridized carbons (Fsp3) is 0.333. The van der Waals surface area contributed by atoms with Crippen LogP contribution in [0.25, 0.3) is 10.9 Å². The van der Waals surface area contributed by atoms with Crippen LogP contribution in [-0.4, -0.2) is 16.3 Å². The number of rotatable bonds is 3. The minimum Gasteiger partial charge on any atom is -0.507 e. The summed E-state index contributed by atoms with van der Waals surface area (Å²) in [6.45, 7) is 12.9. The molecule has 29 heavy (non-hydrogen) atoms. The van der Waals surface area contributed by atoms with Crippen molar-refractivity contribution in [3.05, 3.63) is 65.4 Å². The number of phenols is 1. The molecule has 0 fully saturated rings. The van der Waals surface area contributed by atoms with E-state index in [4.69, 9.17) is 0 Å². The summed E-state index contributed by atoms with van der Waals surface area (Å²) in [5, 5.41) is 16.2. The van der Waals surface area contributed by atoms with Crippen molar-refractivity contribution in [1.82, 2.24) is 4.98 Å². The van der Waals surface area contributed by atoms with Crippen molar-refractivity contribution < 1.29 is 5.11 Å². The molecule has 0 amide bonds. The van der Waals surface area contributed by atoms with Gasteiger partial charge in [0.1, 0.15) is 5.75 Å². The van der Waals surface area contributed by atoms with Crippen molar-refractivity contribution in [2.24, 2.45) is 5.10 Å². The van der Waals surface area contributed by atoms with Gasteiger partial charge in [0.05, 0.1) is 17.4 Å². The monoisotopic (exact) mass is 411 g/mol. The van der Waals surface area contributed by atoms with E-state index < -0.39 is 0 Å². The van der Waals surface area contributed by atoms with Crippen molar-refractivity contribution in [3.8, 4) is 5.75 Å². The number of hydrogen-bond acceptors (Lipinski definition) is 4. The van der Waals surface area contributed by atoms with E-state index >= 15 is 0 Å². The molecule has 0 aliphatic heterocycles. The summed E-state index contributed by atoms with van der Waals surface area (Å²) in [7, 11) is 0. The number of aromatic nitrogens is 1. The molecule has 0 saturated heterocycles. The molecule has 2 N–H and O–H groups in total. The van der Waals surface area contributed by atoms with Crippen LogP contribution in [0, 0.1) is 0 Å². The third kappa shape index (κ3) is 5.07. The number of para-hydroxylation sites is 1. The Morgan fingerprint density at radius 2 is 1.66 bits per heavy atom. The van der Waals surface area contributed by atoms with E-state index in [-0.39, 0.29) is 29.0 Å². The summed E-state index contributed by atoms with van der Waals surface area (Å²) < 4.78 is 0. The normalized spacial score (nSPS) is 12.2. The number of hydrazone groups is 1. The zero-order valence-corrected chi connectivity index (χ0v) is 18.8. The summed E-state index contributed by atoms with van der Waals surface area (Å²) in [5.41, 5.74) is 7.53. The number of hydrogen-bond donors (Lipinski definition) is 2. The van der Waals surface area contributed by atoms with Crippen molar-refractivity contribution in [1.29, 1.82) is 0 Å². The molecule has 3 rings (SSSR count). The molecule has 2 aromatic carbocycles. The van der Waals surface area contributed by atoms with Gasteiger partial charge in [-0.05, 0) is 40.2 Å². The molecule has 0 spiro atoms. The highest BCUT2D eigenvalue weighted by atomic mass is 35.5. The van der Waals surface area contributed by atoms with E-state index in [2.05, 4.69) is 63.1 Å². The van der Waals surface area contributed by atoms with Crippen molar-refractivity contribution in [2.45, 2.75) is 52.4 Å². The first kappa shape index (κ1) is 22.7. The van der Waals surface area contributed by atoms with E-state index in [1.54, 1.807) is 12.4 Å². The fourth-order valence-corrected chi connectivity index (χ4v) is 3.19. The van der Waals surface area contributed by atoms with Gasteiger partial charge in [0, 0.05) is 17.1 Å². The second-order valence-corrected chi connectivity index (χ2v) is 9.21. The molecule has 0 aliphatic rings. The average molecular weight is 412 g/mol. The van der Waals surface area contributed by atoms with Gasteiger partial charge in [-0.2, -0.15) is 5.10 Å². The Morgan fingerprint density at radius 3 is 2.31 bits per heavy atom. The van der Waals surface area contributed by atoms with E-state index in [9.17, 15) is 5.11 Å². The van der Waals surface area contributed by atoms with E-state index in [1.807, 2.05) is 36.4 Å². The number of halogens is 1. The highest BCUT2D eigenvalue weighted by molar-refractivity contribution is 5.91. The van der Waals surface area contributed by atoms with E-state index in [0.29, 0.717) is 0 Å². The summed E-state index contributed by atoms with van der Waals surface area (Å²) >= 11 is 0. The summed E-state index contributed by atoms with van der Waals surface area (Å²) in [5.74, 6) is 0.249. The summed E-state index contributed by atoms with van der Waals surface area (Å²) in [4.78, 5) is 4.43. The Hall–Kier alpha value is -2.59. The van der Waals surface area contributed by atoms with Gasteiger partial charge >= 0.3 is 0 Å². The maximum absolute atomic E-state index is 10.7. The number of phenolic OH excluding ortho intramolecular Hbond substituents is 1. The lowest BCUT2D eigenvalue weighted by molar-refractivity contribution is 0.464. The predicted molar refractivity (Wildman–Crippen MR) is 126 cm³/mol. The predicted octanol–water partition coefficient (Wildman–Crippen LogP) is 6.40. The molecule has 0 saturated carbocycles. The Kier molecular flexibility index (Phi) is 6.59. The molecular formula is C24H30ClN3O. The first-order valence-corrected chi connectivity index (χ1v) is 9.58. The molecule has 1 heterocycles. The minimum absolute atomic E-state index is 0. The smallest absolute Gasteiger partial charge is 0.125 e. The maximum atomic E-state index is 10.7. The van der Waals surface area contributed by atoms with Crippen LogP contribution in [0.15, 0.2) is 53.8 Å². The number of aromatic hydroxyl groups is 1. The molecule has 154 valence electrons. The topological polar surface area (TPSA) is 57.5 Å². The summed E-state index contributed by atoms with van der Waals surface area (Å²) in [6.07, 6.45) is 3.47. The number of benzene rings is 2. The van der Waals surface area contributed by atoms with Crippen LogP contribution in [-0.2, 0) is 10.8 Å². The highest BCUT2D eigenvalue weighted by Gasteiger charge is 2.24. The molecule has 1 aromatic heterocycles. The minimum atomic E-state index is -0.124. The number of fused-ring (bicyclic) bond motifs is 1. The molecule has 0 radical (unpaired) electrons. The van der Waals surface area contributed by atoms with Gasteiger partial charge in [-0.25, -0.2) is 0 Å². The molecule has 0 bridgehead atoms. The summed E-state index contributed by atoms with van der Waals surface area (Å²) in [6, 6.07) is 13.9. The lowest BCUT2D eigenvalue weighted by Crippen LogP contribution is -2.18. The van der Waals surface area contributed by atoms with Crippen molar-refractivity contribution in [2.75, 3.05) is 5.43 Å². The number of nitrogens with one attached hydrogen (secondary N) is 1. The quantitative estimate of drug-likeness (QED) is 0.387. The molecule has 4 nitrogen and oxygen atoms in total. The Balaban J connectivity index is 0.00000300. The van der Waals surface area contributed by atoms with Crippen LogP contribution < -0.4 is 5.43 Å². The number of nitrogens with zero attached hydrogens (tertiary/aromatic N) is 2. The van der Waals surface area contributed by atoms with Crippen LogP contribution in [0.1, 0.15) is 58.2 Å². The van der Waals surface area contributed by atoms with Crippen molar-refractivity contribution in [3.63, 3.8) is 0 Å². The largest absolute Gasteiger partial charge is 0.507 e. The number of pyridine rings is 1. The van der Waals surface area contributed by atoms with Crippen LogP contribution in [0.2, 0.25) is 0 Å². The first-order chi connectivity index (χ1) is 13.1. The van der Waals surface area contributed by atoms with Crippen LogP contribution in [0.3, 0.4) is 0 Å². The third-order valence-corrected chi connectivity index (χ3v) is 4.84. The molecule has 0 aliphatic carbocycles. The Bertz CT molecular complexity index is 1030. The standard InChI is InChI=1S/C24H29N3O.ClH/c1-23(2,3)17-13-19(24(4,5)6)18(21(28)14-17)15-26-27-20-11-7-9-16-10-8-12-25-22(16)20;/h7-15,27-28H,1-6H3;1H/b26-15+;. The Labute approximate surface area is 179 Å². The molecule has 3 aromatic rings. The maximum Gasteiger partial charge on any atom is 0.125 e. The highest BCUT2D eigenvalue weighted by Crippen LogP contribution is 2.35. The molecule has 0 unspecified atom stereocenters. The zero-order valence-electron chi connectivity index (χ0n) is 17.9. The van der Waals surface area contributed by atoms with E-state index in [0.717, 1.165) is 33.3 Å². The van der Waals surface area contributed by atoms with Gasteiger partial charge in [-0.3, -0.25) is 10.4 Å². The van der Waals surface area contributed by atoms with E-state index in [1.165, 1.54) is 0 Å². The van der Waals surface area contributed by atoms with Gasteiger partial charge in [-0.15, -0.1) is 12.4 Å². The molecular weight excluding hydrogens is 382 g/mol. The molecule has 5 heteroatoms. The van der Waals surface area contributed by atoms with Gasteiger partial charge in [-0.1, -0.05) is 65.8 Å². The lowest BCUT2D eigenvalue weighted by atomic mass is 9.78. The SMILES string of the molecule is CC(C)(C)c1cc(O)c(/C=N/Nc2cccc3cccnc23)c(C(C)(C)C)c1.Cl. The lowest BCUT2D eigenvalue weighted by Gasteiger charge is -2.27. The molecule has 0 atom stereocenters. The van der Waals surface area contributed by atoms with Crippen molar-refractivity contribution >= 4 is 35.2 Å². The Morgan fingerprint density at radius 1 is 0.966 bits per heavy atom. The number of anilines is 1. The van der Waals surface area contributed by atoms with Gasteiger partial charge in [0.25, 0.3) is 0 Å². The third-order valence-electron chi connectivity index (χ3n) is 4.84. The second kappa shape index (κ2) is 8.42. The van der Waals surface area contributed by atoms with Gasteiger partial charge in [0.15, 0.2) is 0 Å². The van der Waals surface area contributed by atoms with Crippen LogP contribution in [0.5, 0.6) is 5.75 Å². The van der Waals surface area contributed by atoms with Gasteiger partial charge in [0.2, 0.25) is 0 Å². The fourth-order valence-electron chi connectivity index (χ4n) is 3.19. The van der Waals surface area contributed by atoms with Gasteiger partial charge < -0.3 is 5.11 Å². The van der Waals surface area contributed by atoms with Crippen LogP contribution >= 0.6 is 12.4 Å². The van der Waals surface area contributed by atoms with Crippen LogP contribution in [0.4, 0.5) is 5.69 Å². The first-order valence-electron chi connectivity index (χ1n) is 9.58. The average Bonchev–Trinajstić information content (AvgIpc) is 2.61.